The zero-order chi connectivity index (χ0) is 21.3. The van der Waals surface area contributed by atoms with E-state index in [2.05, 4.69) is 15.5 Å². The molecule has 0 atom stereocenters. The van der Waals surface area contributed by atoms with Crippen LogP contribution in [0.2, 0.25) is 0 Å². The Labute approximate surface area is 167 Å². The van der Waals surface area contributed by atoms with E-state index in [4.69, 9.17) is 14.2 Å². The van der Waals surface area contributed by atoms with Crippen molar-refractivity contribution in [1.29, 1.82) is 0 Å². The lowest BCUT2D eigenvalue weighted by atomic mass is 10.1. The van der Waals surface area contributed by atoms with Gasteiger partial charge in [0.1, 0.15) is 11.7 Å². The molecule has 0 spiro atoms. The molecule has 0 aliphatic carbocycles. The molecule has 0 radical (unpaired) electrons. The Hall–Kier alpha value is -3.56. The van der Waals surface area contributed by atoms with Crippen LogP contribution < -0.4 is 25.2 Å². The Kier molecular flexibility index (Phi) is 5.19. The Balaban J connectivity index is 1.98. The predicted octanol–water partition coefficient (Wildman–Crippen LogP) is 1.76. The molecule has 2 heterocycles. The molecule has 0 unspecified atom stereocenters. The molecular weight excluding hydrogens is 378 g/mol. The highest BCUT2D eigenvalue weighted by Gasteiger charge is 2.21. The maximum atomic E-state index is 12.8. The Bertz CT molecular complexity index is 1100. The average Bonchev–Trinajstić information content (AvgIpc) is 3.14. The summed E-state index contributed by atoms with van der Waals surface area (Å²) >= 11 is 0. The van der Waals surface area contributed by atoms with E-state index in [1.54, 1.807) is 4.68 Å². The van der Waals surface area contributed by atoms with Crippen LogP contribution in [-0.4, -0.2) is 46.7 Å². The minimum Gasteiger partial charge on any atom is -0.493 e. The van der Waals surface area contributed by atoms with Crippen LogP contribution in [0, 0.1) is 0 Å². The zero-order valence-electron chi connectivity index (χ0n) is 17.1. The molecule has 0 aliphatic rings. The van der Waals surface area contributed by atoms with E-state index in [-0.39, 0.29) is 11.1 Å². The van der Waals surface area contributed by atoms with Crippen molar-refractivity contribution in [3.8, 4) is 17.2 Å². The summed E-state index contributed by atoms with van der Waals surface area (Å²) < 4.78 is 18.4. The van der Waals surface area contributed by atoms with Gasteiger partial charge < -0.3 is 14.2 Å². The van der Waals surface area contributed by atoms with Gasteiger partial charge in [0.25, 0.3) is 11.5 Å². The Morgan fingerprint density at radius 1 is 1.07 bits per heavy atom. The van der Waals surface area contributed by atoms with Crippen LogP contribution in [0.1, 0.15) is 31.1 Å². The van der Waals surface area contributed by atoms with E-state index in [0.29, 0.717) is 28.3 Å². The van der Waals surface area contributed by atoms with Crippen LogP contribution in [0.3, 0.4) is 0 Å². The summed E-state index contributed by atoms with van der Waals surface area (Å²) in [6.07, 6.45) is 2.70. The van der Waals surface area contributed by atoms with Gasteiger partial charge in [0, 0.05) is 5.56 Å². The molecule has 1 aromatic carbocycles. The number of carbonyl (C=O) groups excluding carboxylic acids is 1. The van der Waals surface area contributed by atoms with E-state index in [0.717, 1.165) is 4.68 Å². The molecule has 2 aromatic heterocycles. The topological polar surface area (TPSA) is 110 Å². The van der Waals surface area contributed by atoms with Crippen LogP contribution >= 0.6 is 0 Å². The van der Waals surface area contributed by atoms with Crippen molar-refractivity contribution in [2.75, 3.05) is 26.8 Å². The summed E-state index contributed by atoms with van der Waals surface area (Å²) in [6.45, 7) is 5.87. The summed E-state index contributed by atoms with van der Waals surface area (Å²) in [7, 11) is 4.38. The van der Waals surface area contributed by atoms with Gasteiger partial charge in [-0.15, -0.1) is 0 Å². The fourth-order valence-electron chi connectivity index (χ4n) is 2.87. The van der Waals surface area contributed by atoms with Gasteiger partial charge in [-0.05, 0) is 32.9 Å². The second-order valence-corrected chi connectivity index (χ2v) is 7.24. The van der Waals surface area contributed by atoms with Crippen molar-refractivity contribution in [3.63, 3.8) is 0 Å². The first-order valence-corrected chi connectivity index (χ1v) is 8.78. The quantitative estimate of drug-likeness (QED) is 0.694. The fourth-order valence-corrected chi connectivity index (χ4v) is 2.87. The van der Waals surface area contributed by atoms with Gasteiger partial charge in [-0.2, -0.15) is 5.10 Å². The van der Waals surface area contributed by atoms with Crippen molar-refractivity contribution in [1.82, 2.24) is 19.4 Å². The smallest absolute Gasteiger partial charge is 0.283 e. The Morgan fingerprint density at radius 3 is 2.21 bits per heavy atom. The normalized spacial score (nSPS) is 11.4. The lowest BCUT2D eigenvalue weighted by molar-refractivity contribution is 0.101. The molecule has 1 N–H and O–H groups in total. The van der Waals surface area contributed by atoms with E-state index in [1.165, 1.54) is 46.0 Å². The number of nitrogens with one attached hydrogen (secondary N) is 1. The predicted molar refractivity (Wildman–Crippen MR) is 107 cm³/mol. The number of carbonyl (C=O) groups is 1. The number of hydrogen-bond donors (Lipinski definition) is 1. The standard InChI is InChI=1S/C19H23N5O5/c1-19(2,3)24-16-12(9-21-24)18(26)23(10-20-16)22-17(25)11-7-13(27-4)15(29-6)14(8-11)28-5/h7-10H,1-6H3,(H,22,25). The number of methoxy groups -OCH3 is 3. The number of rotatable bonds is 5. The molecule has 10 nitrogen and oxygen atoms in total. The van der Waals surface area contributed by atoms with E-state index in [9.17, 15) is 9.59 Å². The van der Waals surface area contributed by atoms with E-state index >= 15 is 0 Å². The summed E-state index contributed by atoms with van der Waals surface area (Å²) in [5.74, 6) is 0.464. The molecule has 0 fully saturated rings. The van der Waals surface area contributed by atoms with Gasteiger partial charge in [-0.25, -0.2) is 14.3 Å². The number of benzene rings is 1. The minimum atomic E-state index is -0.546. The lowest BCUT2D eigenvalue weighted by Crippen LogP contribution is -2.33. The molecule has 154 valence electrons. The Morgan fingerprint density at radius 2 is 1.69 bits per heavy atom. The maximum Gasteiger partial charge on any atom is 0.283 e. The monoisotopic (exact) mass is 401 g/mol. The van der Waals surface area contributed by atoms with Crippen molar-refractivity contribution in [2.24, 2.45) is 0 Å². The highest BCUT2D eigenvalue weighted by Crippen LogP contribution is 2.38. The van der Waals surface area contributed by atoms with E-state index < -0.39 is 11.5 Å². The summed E-state index contributed by atoms with van der Waals surface area (Å²) in [5, 5.41) is 4.55. The molecule has 3 aromatic rings. The van der Waals surface area contributed by atoms with Gasteiger partial charge in [-0.1, -0.05) is 0 Å². The van der Waals surface area contributed by atoms with Crippen LogP contribution in [0.25, 0.3) is 11.0 Å². The van der Waals surface area contributed by atoms with Gasteiger partial charge >= 0.3 is 0 Å². The number of fused-ring (bicyclic) bond motifs is 1. The first-order chi connectivity index (χ1) is 13.7. The van der Waals surface area contributed by atoms with Crippen LogP contribution in [0.4, 0.5) is 0 Å². The summed E-state index contributed by atoms with van der Waals surface area (Å²) in [6, 6.07) is 2.98. The third-order valence-corrected chi connectivity index (χ3v) is 4.27. The molecule has 0 saturated heterocycles. The number of hydrogen-bond acceptors (Lipinski definition) is 7. The lowest BCUT2D eigenvalue weighted by Gasteiger charge is -2.19. The van der Waals surface area contributed by atoms with Crippen LogP contribution in [0.15, 0.2) is 29.5 Å². The van der Waals surface area contributed by atoms with E-state index in [1.807, 2.05) is 20.8 Å². The average molecular weight is 401 g/mol. The van der Waals surface area contributed by atoms with Crippen molar-refractivity contribution < 1.29 is 19.0 Å². The number of nitrogens with zero attached hydrogens (tertiary/aromatic N) is 4. The molecule has 0 aliphatic heterocycles. The fraction of sp³-hybridized carbons (Fsp3) is 0.368. The van der Waals surface area contributed by atoms with Crippen LogP contribution in [-0.2, 0) is 5.54 Å². The first kappa shape index (κ1) is 20.2. The van der Waals surface area contributed by atoms with Crippen LogP contribution in [0.5, 0.6) is 17.2 Å². The molecule has 1 amide bonds. The highest BCUT2D eigenvalue weighted by molar-refractivity contribution is 6.01. The molecule has 29 heavy (non-hydrogen) atoms. The second kappa shape index (κ2) is 7.46. The first-order valence-electron chi connectivity index (χ1n) is 8.78. The number of aromatic nitrogens is 4. The van der Waals surface area contributed by atoms with Crippen molar-refractivity contribution >= 4 is 16.9 Å². The third-order valence-electron chi connectivity index (χ3n) is 4.27. The molecule has 3 rings (SSSR count). The second-order valence-electron chi connectivity index (χ2n) is 7.24. The van der Waals surface area contributed by atoms with Gasteiger partial charge in [0.15, 0.2) is 17.1 Å². The van der Waals surface area contributed by atoms with Gasteiger partial charge in [-0.3, -0.25) is 15.0 Å². The van der Waals surface area contributed by atoms with Gasteiger partial charge in [0.05, 0.1) is 33.1 Å². The summed E-state index contributed by atoms with van der Waals surface area (Å²) in [4.78, 5) is 29.8. The van der Waals surface area contributed by atoms with Crippen molar-refractivity contribution in [2.45, 2.75) is 26.3 Å². The molecular formula is C19H23N5O5. The highest BCUT2D eigenvalue weighted by atomic mass is 16.5. The maximum absolute atomic E-state index is 12.8. The zero-order valence-corrected chi connectivity index (χ0v) is 17.1. The van der Waals surface area contributed by atoms with Gasteiger partial charge in [0.2, 0.25) is 5.75 Å². The number of ether oxygens (including phenoxy) is 3. The number of amides is 1. The molecule has 0 bridgehead atoms. The molecule has 0 saturated carbocycles. The van der Waals surface area contributed by atoms with Crippen molar-refractivity contribution in [3.05, 3.63) is 40.6 Å². The SMILES string of the molecule is COc1cc(C(=O)Nn2cnc3c(cnn3C(C)(C)C)c2=O)cc(OC)c1OC. The minimum absolute atomic E-state index is 0.219. The third kappa shape index (κ3) is 3.60. The summed E-state index contributed by atoms with van der Waals surface area (Å²) in [5.41, 5.74) is 2.41. The largest absolute Gasteiger partial charge is 0.493 e. The molecule has 10 heteroatoms.